The van der Waals surface area contributed by atoms with Gasteiger partial charge in [0, 0.05) is 19.3 Å². The number of carbonyl (C=O) groups excluding carboxylic acids is 2. The summed E-state index contributed by atoms with van der Waals surface area (Å²) in [7, 11) is -2.21. The third kappa shape index (κ3) is 8.31. The van der Waals surface area contributed by atoms with Gasteiger partial charge < -0.3 is 9.74 Å². The molecule has 8 heteroatoms. The fraction of sp³-hybridized carbons (Fsp3) is 0.333. The van der Waals surface area contributed by atoms with E-state index in [1.54, 1.807) is 36.4 Å². The topological polar surface area (TPSA) is 55.4 Å². The Balaban J connectivity index is 1.91. The molecule has 0 aliphatic carbocycles. The van der Waals surface area contributed by atoms with Gasteiger partial charge in [0.2, 0.25) is 5.91 Å². The first-order valence-electron chi connectivity index (χ1n) is 12.6. The van der Waals surface area contributed by atoms with Crippen LogP contribution in [0.5, 0.6) is 0 Å². The molecule has 0 aliphatic rings. The van der Waals surface area contributed by atoms with E-state index in [9.17, 15) is 14.0 Å². The highest BCUT2D eigenvalue weighted by Gasteiger charge is 2.40. The maximum atomic E-state index is 13.7. The Bertz CT molecular complexity index is 1240. The van der Waals surface area contributed by atoms with Gasteiger partial charge in [-0.1, -0.05) is 61.0 Å². The molecule has 3 rings (SSSR count). The van der Waals surface area contributed by atoms with Crippen LogP contribution in [0, 0.1) is 15.3 Å². The lowest BCUT2D eigenvalue weighted by atomic mass is 9.90. The number of rotatable bonds is 10. The summed E-state index contributed by atoms with van der Waals surface area (Å²) in [6.07, 6.45) is 0.343. The van der Waals surface area contributed by atoms with Crippen molar-refractivity contribution in [2.75, 3.05) is 5.32 Å². The van der Waals surface area contributed by atoms with Gasteiger partial charge in [0.15, 0.2) is 14.1 Å². The van der Waals surface area contributed by atoms with Gasteiger partial charge in [-0.3, -0.25) is 9.59 Å². The lowest BCUT2D eigenvalue weighted by molar-refractivity contribution is -0.118. The van der Waals surface area contributed by atoms with Gasteiger partial charge in [0.1, 0.15) is 11.7 Å². The Labute approximate surface area is 248 Å². The summed E-state index contributed by atoms with van der Waals surface area (Å²) >= 11 is 5.61. The number of hydrogen-bond acceptors (Lipinski definition) is 3. The zero-order chi connectivity index (χ0) is 28.1. The Morgan fingerprint density at radius 3 is 2.08 bits per heavy atom. The Morgan fingerprint density at radius 1 is 0.947 bits per heavy atom. The molecule has 0 aliphatic heterocycles. The summed E-state index contributed by atoms with van der Waals surface area (Å²) < 4.78 is 22.4. The van der Waals surface area contributed by atoms with Gasteiger partial charge in [-0.05, 0) is 108 Å². The minimum absolute atomic E-state index is 0.0415. The first kappa shape index (κ1) is 30.7. The third-order valence-corrected chi connectivity index (χ3v) is 12.8. The first-order chi connectivity index (χ1) is 17.8. The molecular formula is C30H34BrFINO3Si. The maximum absolute atomic E-state index is 13.7. The van der Waals surface area contributed by atoms with E-state index in [0.717, 1.165) is 13.6 Å². The van der Waals surface area contributed by atoms with Gasteiger partial charge in [-0.2, -0.15) is 0 Å². The summed E-state index contributed by atoms with van der Waals surface area (Å²) in [5.41, 5.74) is 1.94. The van der Waals surface area contributed by atoms with Crippen molar-refractivity contribution in [1.82, 2.24) is 0 Å². The van der Waals surface area contributed by atoms with Gasteiger partial charge in [-0.25, -0.2) is 4.39 Å². The van der Waals surface area contributed by atoms with Gasteiger partial charge >= 0.3 is 0 Å². The molecule has 3 aromatic carbocycles. The fourth-order valence-electron chi connectivity index (χ4n) is 3.78. The molecule has 38 heavy (non-hydrogen) atoms. The maximum Gasteiger partial charge on any atom is 0.235 e. The third-order valence-electron chi connectivity index (χ3n) is 7.08. The average Bonchev–Trinajstić information content (AvgIpc) is 2.85. The lowest BCUT2D eigenvalue weighted by Gasteiger charge is -2.39. The van der Waals surface area contributed by atoms with Crippen molar-refractivity contribution in [1.29, 1.82) is 0 Å². The molecule has 0 aromatic heterocycles. The number of Topliss-reactive ketones (excluding diaryl/α,β-unsaturated/α-hetero) is 1. The molecule has 0 saturated heterocycles. The number of benzene rings is 3. The predicted molar refractivity (Wildman–Crippen MR) is 166 cm³/mol. The second-order valence-electron chi connectivity index (χ2n) is 10.9. The highest BCUT2D eigenvalue weighted by Crippen LogP contribution is 2.41. The van der Waals surface area contributed by atoms with E-state index in [1.807, 2.05) is 24.3 Å². The second-order valence-corrected chi connectivity index (χ2v) is 17.8. The molecule has 0 spiro atoms. The summed E-state index contributed by atoms with van der Waals surface area (Å²) in [6, 6.07) is 20.8. The van der Waals surface area contributed by atoms with E-state index >= 15 is 0 Å². The molecule has 4 nitrogen and oxygen atoms in total. The smallest absolute Gasteiger partial charge is 0.235 e. The average molecular weight is 710 g/mol. The number of anilines is 1. The predicted octanol–water partition coefficient (Wildman–Crippen LogP) is 9.17. The van der Waals surface area contributed by atoms with Crippen LogP contribution in [0.4, 0.5) is 10.1 Å². The first-order valence-corrected chi connectivity index (χ1v) is 17.3. The summed E-state index contributed by atoms with van der Waals surface area (Å²) in [5.74, 6) is -1.84. The van der Waals surface area contributed by atoms with Crippen LogP contribution in [0.15, 0.2) is 77.3 Å². The standard InChI is InChI=1S/C30H34BrFINO3Si/c1-30(2,3)38(4,5)37-27(20-8-12-23(32)13-9-20)19-18-26(28(35)21-6-10-22(31)11-7-21)29(36)34-25-16-14-24(33)15-17-25/h6-17,26-27H,18-19H2,1-5H3,(H,34,36)/t26?,27-/m0/s1. The largest absolute Gasteiger partial charge is 0.410 e. The van der Waals surface area contributed by atoms with Crippen LogP contribution in [0.25, 0.3) is 0 Å². The Hall–Kier alpha value is -1.88. The van der Waals surface area contributed by atoms with Crippen LogP contribution >= 0.6 is 38.5 Å². The highest BCUT2D eigenvalue weighted by molar-refractivity contribution is 14.1. The van der Waals surface area contributed by atoms with Crippen LogP contribution in [0.3, 0.4) is 0 Å². The zero-order valence-electron chi connectivity index (χ0n) is 22.4. The van der Waals surface area contributed by atoms with Crippen molar-refractivity contribution in [2.45, 2.75) is 57.8 Å². The molecule has 0 heterocycles. The van der Waals surface area contributed by atoms with Crippen molar-refractivity contribution < 1.29 is 18.4 Å². The minimum Gasteiger partial charge on any atom is -0.410 e. The summed E-state index contributed by atoms with van der Waals surface area (Å²) in [4.78, 5) is 27.1. The number of amides is 1. The molecule has 202 valence electrons. The molecule has 0 bridgehead atoms. The molecule has 1 unspecified atom stereocenters. The fourth-order valence-corrected chi connectivity index (χ4v) is 5.72. The van der Waals surface area contributed by atoms with Crippen LogP contribution in [0.1, 0.15) is 55.6 Å². The van der Waals surface area contributed by atoms with Crippen molar-refractivity contribution in [2.24, 2.45) is 5.92 Å². The molecule has 0 fully saturated rings. The van der Waals surface area contributed by atoms with Crippen molar-refractivity contribution in [3.63, 3.8) is 0 Å². The van der Waals surface area contributed by atoms with Crippen LogP contribution in [-0.2, 0) is 9.22 Å². The van der Waals surface area contributed by atoms with E-state index in [-0.39, 0.29) is 35.1 Å². The number of halogens is 3. The number of nitrogens with one attached hydrogen (secondary N) is 1. The van der Waals surface area contributed by atoms with Crippen molar-refractivity contribution in [3.8, 4) is 0 Å². The molecule has 1 N–H and O–H groups in total. The van der Waals surface area contributed by atoms with Crippen LogP contribution in [-0.4, -0.2) is 20.0 Å². The van der Waals surface area contributed by atoms with Crippen LogP contribution < -0.4 is 5.32 Å². The summed E-state index contributed by atoms with van der Waals surface area (Å²) in [5, 5.41) is 2.88. The molecular weight excluding hydrogens is 676 g/mol. The van der Waals surface area contributed by atoms with E-state index < -0.39 is 14.2 Å². The molecule has 3 aromatic rings. The normalized spacial score (nSPS) is 13.6. The molecule has 1 amide bonds. The van der Waals surface area contributed by atoms with Crippen molar-refractivity contribution >= 4 is 64.2 Å². The zero-order valence-corrected chi connectivity index (χ0v) is 27.1. The number of carbonyl (C=O) groups is 2. The quantitative estimate of drug-likeness (QED) is 0.0989. The highest BCUT2D eigenvalue weighted by atomic mass is 127. The van der Waals surface area contributed by atoms with E-state index in [2.05, 4.69) is 77.7 Å². The van der Waals surface area contributed by atoms with E-state index in [4.69, 9.17) is 4.43 Å². The van der Waals surface area contributed by atoms with Gasteiger partial charge in [0.25, 0.3) is 0 Å². The van der Waals surface area contributed by atoms with E-state index in [0.29, 0.717) is 17.7 Å². The lowest BCUT2D eigenvalue weighted by Crippen LogP contribution is -2.42. The van der Waals surface area contributed by atoms with Crippen molar-refractivity contribution in [3.05, 3.63) is 97.8 Å². The van der Waals surface area contributed by atoms with Gasteiger partial charge in [0.05, 0.1) is 6.10 Å². The minimum atomic E-state index is -2.21. The summed E-state index contributed by atoms with van der Waals surface area (Å²) in [6.45, 7) is 10.8. The number of ketones is 1. The van der Waals surface area contributed by atoms with Crippen LogP contribution in [0.2, 0.25) is 18.1 Å². The SMILES string of the molecule is CC(C)(C)[Si](C)(C)O[C@@H](CCC(C(=O)Nc1ccc(I)cc1)C(=O)c1ccc(Br)cc1)c1ccc(F)cc1. The molecule has 0 saturated carbocycles. The second kappa shape index (κ2) is 13.0. The monoisotopic (exact) mass is 709 g/mol. The Kier molecular flexibility index (Phi) is 10.5. The van der Waals surface area contributed by atoms with Gasteiger partial charge in [-0.15, -0.1) is 0 Å². The Morgan fingerprint density at radius 2 is 1.53 bits per heavy atom. The van der Waals surface area contributed by atoms with E-state index in [1.165, 1.54) is 12.1 Å². The molecule has 0 radical (unpaired) electrons. The number of hydrogen-bond donors (Lipinski definition) is 1. The molecule has 2 atom stereocenters.